The second-order valence-corrected chi connectivity index (χ2v) is 3.81. The van der Waals surface area contributed by atoms with E-state index in [1.165, 1.54) is 0 Å². The van der Waals surface area contributed by atoms with Gasteiger partial charge in [-0.3, -0.25) is 9.89 Å². The molecule has 17 heavy (non-hydrogen) atoms. The number of halogens is 1. The number of alkyl halides is 1. The highest BCUT2D eigenvalue weighted by Crippen LogP contribution is 2.20. The van der Waals surface area contributed by atoms with Crippen LogP contribution in [0.2, 0.25) is 0 Å². The molecule has 0 saturated heterocycles. The standard InChI is InChI=1S/C12H12ClN3O/c13-6-11(17)14-7-10-8-15-16-12(10)9-4-2-1-3-5-9/h1-5,8H,6-7H2,(H,14,17)(H,15,16). The Hall–Kier alpha value is -1.81. The van der Waals surface area contributed by atoms with Crippen molar-refractivity contribution in [2.24, 2.45) is 0 Å². The monoisotopic (exact) mass is 249 g/mol. The number of aromatic nitrogens is 2. The van der Waals surface area contributed by atoms with Crippen LogP contribution in [0.5, 0.6) is 0 Å². The SMILES string of the molecule is O=C(CCl)NCc1cn[nH]c1-c1ccccc1. The second-order valence-electron chi connectivity index (χ2n) is 3.55. The van der Waals surface area contributed by atoms with Crippen molar-refractivity contribution in [1.82, 2.24) is 15.5 Å². The molecule has 0 spiro atoms. The molecule has 0 atom stereocenters. The lowest BCUT2D eigenvalue weighted by Gasteiger charge is -2.04. The van der Waals surface area contributed by atoms with Crippen LogP contribution in [0.3, 0.4) is 0 Å². The summed E-state index contributed by atoms with van der Waals surface area (Å²) >= 11 is 5.41. The highest BCUT2D eigenvalue weighted by Gasteiger charge is 2.08. The van der Waals surface area contributed by atoms with Crippen molar-refractivity contribution in [3.8, 4) is 11.3 Å². The maximum atomic E-state index is 11.1. The Bertz CT molecular complexity index is 495. The third kappa shape index (κ3) is 2.85. The van der Waals surface area contributed by atoms with Gasteiger partial charge in [0.1, 0.15) is 5.88 Å². The molecule has 2 N–H and O–H groups in total. The van der Waals surface area contributed by atoms with E-state index in [0.717, 1.165) is 16.8 Å². The Morgan fingerprint density at radius 2 is 2.12 bits per heavy atom. The minimum atomic E-state index is -0.188. The van der Waals surface area contributed by atoms with E-state index in [4.69, 9.17) is 11.6 Å². The molecule has 88 valence electrons. The highest BCUT2D eigenvalue weighted by molar-refractivity contribution is 6.27. The number of hydrogen-bond acceptors (Lipinski definition) is 2. The molecular formula is C12H12ClN3O. The zero-order chi connectivity index (χ0) is 12.1. The number of benzene rings is 1. The minimum Gasteiger partial charge on any atom is -0.351 e. The number of amides is 1. The molecule has 0 fully saturated rings. The average Bonchev–Trinajstić information content (AvgIpc) is 2.85. The van der Waals surface area contributed by atoms with Crippen LogP contribution in [-0.4, -0.2) is 22.0 Å². The zero-order valence-electron chi connectivity index (χ0n) is 9.11. The van der Waals surface area contributed by atoms with Gasteiger partial charge in [-0.15, -0.1) is 11.6 Å². The van der Waals surface area contributed by atoms with Crippen LogP contribution in [-0.2, 0) is 11.3 Å². The van der Waals surface area contributed by atoms with Gasteiger partial charge in [0.15, 0.2) is 0 Å². The van der Waals surface area contributed by atoms with E-state index in [-0.39, 0.29) is 11.8 Å². The number of rotatable bonds is 4. The van der Waals surface area contributed by atoms with Crippen molar-refractivity contribution in [3.63, 3.8) is 0 Å². The molecular weight excluding hydrogens is 238 g/mol. The summed E-state index contributed by atoms with van der Waals surface area (Å²) in [4.78, 5) is 11.1. The number of nitrogens with one attached hydrogen (secondary N) is 2. The molecule has 0 aliphatic carbocycles. The Labute approximate surface area is 104 Å². The van der Waals surface area contributed by atoms with Gasteiger partial charge < -0.3 is 5.32 Å². The van der Waals surface area contributed by atoms with Gasteiger partial charge in [0.25, 0.3) is 0 Å². The third-order valence-corrected chi connectivity index (χ3v) is 2.62. The third-order valence-electron chi connectivity index (χ3n) is 2.38. The Balaban J connectivity index is 2.15. The Morgan fingerprint density at radius 1 is 1.35 bits per heavy atom. The van der Waals surface area contributed by atoms with Crippen LogP contribution in [0, 0.1) is 0 Å². The van der Waals surface area contributed by atoms with Crippen molar-refractivity contribution >= 4 is 17.5 Å². The van der Waals surface area contributed by atoms with Crippen LogP contribution in [0.4, 0.5) is 0 Å². The smallest absolute Gasteiger partial charge is 0.235 e. The van der Waals surface area contributed by atoms with Crippen molar-refractivity contribution in [2.45, 2.75) is 6.54 Å². The van der Waals surface area contributed by atoms with Gasteiger partial charge in [0.05, 0.1) is 11.9 Å². The van der Waals surface area contributed by atoms with Gasteiger partial charge in [-0.25, -0.2) is 0 Å². The molecule has 0 unspecified atom stereocenters. The predicted octanol–water partition coefficient (Wildman–Crippen LogP) is 1.93. The first-order valence-electron chi connectivity index (χ1n) is 5.21. The van der Waals surface area contributed by atoms with Gasteiger partial charge in [0, 0.05) is 12.1 Å². The normalized spacial score (nSPS) is 10.2. The summed E-state index contributed by atoms with van der Waals surface area (Å²) in [6.07, 6.45) is 1.71. The fourth-order valence-electron chi connectivity index (χ4n) is 1.54. The topological polar surface area (TPSA) is 57.8 Å². The molecule has 0 aliphatic heterocycles. The molecule has 5 heteroatoms. The number of nitrogens with zero attached hydrogens (tertiary/aromatic N) is 1. The average molecular weight is 250 g/mol. The Kier molecular flexibility index (Phi) is 3.77. The largest absolute Gasteiger partial charge is 0.351 e. The fourth-order valence-corrected chi connectivity index (χ4v) is 1.64. The van der Waals surface area contributed by atoms with Gasteiger partial charge in [0.2, 0.25) is 5.91 Å². The molecule has 1 aromatic carbocycles. The van der Waals surface area contributed by atoms with Crippen LogP contribution in [0.15, 0.2) is 36.5 Å². The maximum absolute atomic E-state index is 11.1. The van der Waals surface area contributed by atoms with E-state index in [9.17, 15) is 4.79 Å². The number of carbonyl (C=O) groups is 1. The van der Waals surface area contributed by atoms with Crippen molar-refractivity contribution in [1.29, 1.82) is 0 Å². The summed E-state index contributed by atoms with van der Waals surface area (Å²) < 4.78 is 0. The number of hydrogen-bond donors (Lipinski definition) is 2. The zero-order valence-corrected chi connectivity index (χ0v) is 9.87. The molecule has 0 bridgehead atoms. The molecule has 2 rings (SSSR count). The van der Waals surface area contributed by atoms with Gasteiger partial charge in [-0.2, -0.15) is 5.10 Å². The summed E-state index contributed by atoms with van der Waals surface area (Å²) in [6.45, 7) is 0.423. The van der Waals surface area contributed by atoms with Crippen LogP contribution in [0.1, 0.15) is 5.56 Å². The number of aromatic amines is 1. The molecule has 0 aliphatic rings. The first-order chi connectivity index (χ1) is 8.31. The quantitative estimate of drug-likeness (QED) is 0.814. The predicted molar refractivity (Wildman–Crippen MR) is 66.6 cm³/mol. The summed E-state index contributed by atoms with van der Waals surface area (Å²) in [5, 5.41) is 9.64. The first kappa shape index (κ1) is 11.7. The van der Waals surface area contributed by atoms with Crippen LogP contribution < -0.4 is 5.32 Å². The molecule has 0 radical (unpaired) electrons. The van der Waals surface area contributed by atoms with Gasteiger partial charge >= 0.3 is 0 Å². The van der Waals surface area contributed by atoms with E-state index >= 15 is 0 Å². The van der Waals surface area contributed by atoms with E-state index < -0.39 is 0 Å². The van der Waals surface area contributed by atoms with E-state index in [0.29, 0.717) is 6.54 Å². The minimum absolute atomic E-state index is 0.0292. The van der Waals surface area contributed by atoms with Gasteiger partial charge in [-0.1, -0.05) is 30.3 Å². The Morgan fingerprint density at radius 3 is 2.82 bits per heavy atom. The number of carbonyl (C=O) groups excluding carboxylic acids is 1. The lowest BCUT2D eigenvalue weighted by molar-refractivity contribution is -0.118. The first-order valence-corrected chi connectivity index (χ1v) is 5.75. The van der Waals surface area contributed by atoms with Crippen LogP contribution >= 0.6 is 11.6 Å². The van der Waals surface area contributed by atoms with Crippen LogP contribution in [0.25, 0.3) is 11.3 Å². The summed E-state index contributed by atoms with van der Waals surface area (Å²) in [6, 6.07) is 9.84. The van der Waals surface area contributed by atoms with E-state index in [1.807, 2.05) is 30.3 Å². The summed E-state index contributed by atoms with van der Waals surface area (Å²) in [7, 11) is 0. The van der Waals surface area contributed by atoms with Gasteiger partial charge in [-0.05, 0) is 5.56 Å². The second kappa shape index (κ2) is 5.50. The molecule has 1 aromatic heterocycles. The van der Waals surface area contributed by atoms with Crippen molar-refractivity contribution in [2.75, 3.05) is 5.88 Å². The molecule has 1 amide bonds. The molecule has 1 heterocycles. The summed E-state index contributed by atoms with van der Waals surface area (Å²) in [5.41, 5.74) is 2.90. The maximum Gasteiger partial charge on any atom is 0.235 e. The molecule has 0 saturated carbocycles. The molecule has 4 nitrogen and oxygen atoms in total. The van der Waals surface area contributed by atoms with E-state index in [2.05, 4.69) is 15.5 Å². The lowest BCUT2D eigenvalue weighted by Crippen LogP contribution is -2.23. The fraction of sp³-hybridized carbons (Fsp3) is 0.167. The van der Waals surface area contributed by atoms with E-state index in [1.54, 1.807) is 6.20 Å². The lowest BCUT2D eigenvalue weighted by atomic mass is 10.1. The highest BCUT2D eigenvalue weighted by atomic mass is 35.5. The summed E-state index contributed by atoms with van der Waals surface area (Å²) in [5.74, 6) is -0.217. The molecule has 2 aromatic rings. The van der Waals surface area contributed by atoms with Crippen molar-refractivity contribution in [3.05, 3.63) is 42.1 Å². The number of H-pyrrole nitrogens is 1. The van der Waals surface area contributed by atoms with Crippen molar-refractivity contribution < 1.29 is 4.79 Å².